The quantitative estimate of drug-likeness (QED) is 0.182. The van der Waals surface area contributed by atoms with Crippen LogP contribution in [0.5, 0.6) is 0 Å². The lowest BCUT2D eigenvalue weighted by Crippen LogP contribution is -2.32. The minimum absolute atomic E-state index is 0.437. The van der Waals surface area contributed by atoms with Crippen LogP contribution in [0.15, 0.2) is 204 Å². The average molecular weight is 705 g/mol. The van der Waals surface area contributed by atoms with Crippen LogP contribution in [-0.4, -0.2) is 9.97 Å². The maximum Gasteiger partial charge on any atom is 0.160 e. The maximum atomic E-state index is 5.24. The van der Waals surface area contributed by atoms with E-state index >= 15 is 0 Å². The number of para-hydroxylation sites is 1. The fourth-order valence-corrected chi connectivity index (χ4v) is 10.0. The van der Waals surface area contributed by atoms with Gasteiger partial charge in [0, 0.05) is 26.3 Å². The van der Waals surface area contributed by atoms with Crippen LogP contribution in [0, 0.1) is 0 Å². The molecule has 11 rings (SSSR count). The van der Waals surface area contributed by atoms with E-state index in [2.05, 4.69) is 182 Å². The first-order chi connectivity index (χ1) is 26.8. The molecule has 9 aromatic rings. The topological polar surface area (TPSA) is 25.8 Å². The van der Waals surface area contributed by atoms with Crippen molar-refractivity contribution >= 4 is 22.7 Å². The molecule has 2 aliphatic rings. The zero-order valence-electron chi connectivity index (χ0n) is 29.3. The Kier molecular flexibility index (Phi) is 7.05. The third kappa shape index (κ3) is 4.62. The lowest BCUT2D eigenvalue weighted by Gasteiger charge is -2.40. The minimum Gasteiger partial charge on any atom is -0.228 e. The molecule has 0 radical (unpaired) electrons. The highest BCUT2D eigenvalue weighted by atomic mass is 32.2. The molecule has 1 aliphatic heterocycles. The molecule has 0 fully saturated rings. The summed E-state index contributed by atoms with van der Waals surface area (Å²) in [6.45, 7) is 0. The van der Waals surface area contributed by atoms with Gasteiger partial charge in [0.1, 0.15) is 0 Å². The Morgan fingerprint density at radius 1 is 0.352 bits per heavy atom. The van der Waals surface area contributed by atoms with Gasteiger partial charge in [-0.2, -0.15) is 0 Å². The number of aromatic nitrogens is 2. The van der Waals surface area contributed by atoms with E-state index in [1.807, 2.05) is 23.9 Å². The molecule has 0 unspecified atom stereocenters. The Bertz CT molecular complexity index is 2850. The first-order valence-corrected chi connectivity index (χ1v) is 19.2. The van der Waals surface area contributed by atoms with Crippen molar-refractivity contribution in [3.05, 3.63) is 216 Å². The second kappa shape index (κ2) is 12.3. The Morgan fingerprint density at radius 3 is 1.65 bits per heavy atom. The van der Waals surface area contributed by atoms with Crippen LogP contribution in [0.25, 0.3) is 66.9 Å². The maximum absolute atomic E-state index is 5.24. The highest BCUT2D eigenvalue weighted by molar-refractivity contribution is 7.99. The summed E-state index contributed by atoms with van der Waals surface area (Å²) in [4.78, 5) is 12.9. The van der Waals surface area contributed by atoms with Crippen molar-refractivity contribution < 1.29 is 0 Å². The molecule has 1 aliphatic carbocycles. The average Bonchev–Trinajstić information content (AvgIpc) is 3.55. The van der Waals surface area contributed by atoms with Gasteiger partial charge in [0.25, 0.3) is 0 Å². The molecule has 3 heteroatoms. The van der Waals surface area contributed by atoms with Gasteiger partial charge in [-0.1, -0.05) is 188 Å². The summed E-state index contributed by atoms with van der Waals surface area (Å²) in [7, 11) is 0. The summed E-state index contributed by atoms with van der Waals surface area (Å²) in [5.41, 5.74) is 16.3. The number of fused-ring (bicyclic) bond motifs is 10. The standard InChI is InChI=1S/C51H32N2S/c1-2-13-33(14-3-1)34-25-31-37(32-26-34)50-52-45-22-9-5-16-41(45)49(53-50)36-29-27-35(28-30-36)38-17-12-18-40-39-15-4-6-19-42(39)51(48(38)40)43-20-7-10-23-46(43)54-47-24-11-8-21-44(47)51/h1-32H. The number of benzene rings is 8. The van der Waals surface area contributed by atoms with E-state index in [-0.39, 0.29) is 0 Å². The van der Waals surface area contributed by atoms with E-state index in [1.54, 1.807) is 0 Å². The van der Waals surface area contributed by atoms with Gasteiger partial charge >= 0.3 is 0 Å². The molecule has 0 N–H and O–H groups in total. The predicted octanol–water partition coefficient (Wildman–Crippen LogP) is 13.1. The van der Waals surface area contributed by atoms with Crippen LogP contribution in [-0.2, 0) is 5.41 Å². The van der Waals surface area contributed by atoms with E-state index in [9.17, 15) is 0 Å². The van der Waals surface area contributed by atoms with Crippen LogP contribution >= 0.6 is 11.8 Å². The van der Waals surface area contributed by atoms with E-state index in [0.29, 0.717) is 0 Å². The molecule has 8 aromatic carbocycles. The van der Waals surface area contributed by atoms with Crippen molar-refractivity contribution in [1.82, 2.24) is 9.97 Å². The lowest BCUT2D eigenvalue weighted by molar-refractivity contribution is 0.724. The van der Waals surface area contributed by atoms with Crippen LogP contribution < -0.4 is 0 Å². The highest BCUT2D eigenvalue weighted by Crippen LogP contribution is 2.63. The number of nitrogens with zero attached hydrogens (tertiary/aromatic N) is 2. The summed E-state index contributed by atoms with van der Waals surface area (Å²) in [5, 5.41) is 1.04. The van der Waals surface area contributed by atoms with Crippen LogP contribution in [0.3, 0.4) is 0 Å². The van der Waals surface area contributed by atoms with E-state index in [1.165, 1.54) is 65.4 Å². The van der Waals surface area contributed by atoms with Crippen LogP contribution in [0.1, 0.15) is 22.3 Å². The van der Waals surface area contributed by atoms with E-state index < -0.39 is 5.41 Å². The first-order valence-electron chi connectivity index (χ1n) is 18.4. The number of hydrogen-bond acceptors (Lipinski definition) is 3. The minimum atomic E-state index is -0.437. The van der Waals surface area contributed by atoms with Crippen molar-refractivity contribution in [2.24, 2.45) is 0 Å². The monoisotopic (exact) mass is 704 g/mol. The molecular weight excluding hydrogens is 673 g/mol. The summed E-state index contributed by atoms with van der Waals surface area (Å²) in [6.07, 6.45) is 0. The third-order valence-electron chi connectivity index (χ3n) is 11.2. The Morgan fingerprint density at radius 2 is 0.889 bits per heavy atom. The molecular formula is C51H32N2S. The molecule has 0 amide bonds. The molecule has 2 nitrogen and oxygen atoms in total. The second-order valence-corrected chi connectivity index (χ2v) is 15.1. The molecule has 1 aromatic heterocycles. The second-order valence-electron chi connectivity index (χ2n) is 14.1. The van der Waals surface area contributed by atoms with Crippen molar-refractivity contribution in [3.8, 4) is 56.0 Å². The number of hydrogen-bond donors (Lipinski definition) is 0. The molecule has 0 saturated heterocycles. The fourth-order valence-electron chi connectivity index (χ4n) is 8.83. The first kappa shape index (κ1) is 31.0. The predicted molar refractivity (Wildman–Crippen MR) is 223 cm³/mol. The molecule has 252 valence electrons. The van der Waals surface area contributed by atoms with Gasteiger partial charge in [0.2, 0.25) is 0 Å². The normalized spacial score (nSPS) is 13.3. The Labute approximate surface area is 318 Å². The van der Waals surface area contributed by atoms with E-state index in [4.69, 9.17) is 9.97 Å². The molecule has 1 spiro atoms. The zero-order chi connectivity index (χ0) is 35.6. The van der Waals surface area contributed by atoms with Crippen molar-refractivity contribution in [2.75, 3.05) is 0 Å². The largest absolute Gasteiger partial charge is 0.228 e. The molecule has 54 heavy (non-hydrogen) atoms. The van der Waals surface area contributed by atoms with Gasteiger partial charge in [0.15, 0.2) is 5.82 Å². The lowest BCUT2D eigenvalue weighted by atomic mass is 9.66. The molecule has 0 bridgehead atoms. The summed E-state index contributed by atoms with van der Waals surface area (Å²) < 4.78 is 0. The number of rotatable bonds is 4. The van der Waals surface area contributed by atoms with Gasteiger partial charge < -0.3 is 0 Å². The molecule has 0 saturated carbocycles. The van der Waals surface area contributed by atoms with Gasteiger partial charge in [-0.05, 0) is 73.8 Å². The highest BCUT2D eigenvalue weighted by Gasteiger charge is 2.51. The van der Waals surface area contributed by atoms with E-state index in [0.717, 1.165) is 33.5 Å². The summed E-state index contributed by atoms with van der Waals surface area (Å²) in [5.74, 6) is 0.723. The third-order valence-corrected chi connectivity index (χ3v) is 12.3. The fraction of sp³-hybridized carbons (Fsp3) is 0.0196. The Hall–Kier alpha value is -6.55. The van der Waals surface area contributed by atoms with Gasteiger partial charge in [0.05, 0.1) is 16.6 Å². The van der Waals surface area contributed by atoms with Gasteiger partial charge in [-0.3, -0.25) is 0 Å². The molecule has 0 atom stereocenters. The van der Waals surface area contributed by atoms with Gasteiger partial charge in [-0.15, -0.1) is 0 Å². The van der Waals surface area contributed by atoms with Crippen molar-refractivity contribution in [1.29, 1.82) is 0 Å². The molecule has 2 heterocycles. The van der Waals surface area contributed by atoms with Crippen molar-refractivity contribution in [3.63, 3.8) is 0 Å². The summed E-state index contributed by atoms with van der Waals surface area (Å²) in [6, 6.07) is 70.3. The Balaban J connectivity index is 1.06. The van der Waals surface area contributed by atoms with Gasteiger partial charge in [-0.25, -0.2) is 9.97 Å². The van der Waals surface area contributed by atoms with Crippen LogP contribution in [0.2, 0.25) is 0 Å². The van der Waals surface area contributed by atoms with Crippen molar-refractivity contribution in [2.45, 2.75) is 15.2 Å². The SMILES string of the molecule is c1ccc(-c2ccc(-c3nc(-c4ccc(-c5cccc6c5C5(c7ccccc7Sc7ccccc75)c5ccccc5-6)cc4)c4ccccc4n3)cc2)cc1. The summed E-state index contributed by atoms with van der Waals surface area (Å²) >= 11 is 1.88. The van der Waals surface area contributed by atoms with Crippen LogP contribution in [0.4, 0.5) is 0 Å². The smallest absolute Gasteiger partial charge is 0.160 e. The zero-order valence-corrected chi connectivity index (χ0v) is 30.1.